The van der Waals surface area contributed by atoms with Crippen LogP contribution >= 0.6 is 0 Å². The van der Waals surface area contributed by atoms with Gasteiger partial charge in [0.15, 0.2) is 0 Å². The molecule has 1 N–H and O–H groups in total. The number of likely N-dealkylation sites (tertiary alicyclic amines) is 1. The van der Waals surface area contributed by atoms with Crippen LogP contribution in [0.15, 0.2) is 48.5 Å². The first-order valence-corrected chi connectivity index (χ1v) is 8.02. The van der Waals surface area contributed by atoms with Crippen LogP contribution in [0.1, 0.15) is 17.5 Å². The number of hydrogen-bond donors (Lipinski definition) is 1. The van der Waals surface area contributed by atoms with Gasteiger partial charge >= 0.3 is 0 Å². The lowest BCUT2D eigenvalue weighted by atomic mass is 10.1. The van der Waals surface area contributed by atoms with Crippen molar-refractivity contribution in [1.29, 1.82) is 5.26 Å². The number of fused-ring (bicyclic) bond motifs is 3. The largest absolute Gasteiger partial charge is 0.487 e. The van der Waals surface area contributed by atoms with E-state index >= 15 is 0 Å². The van der Waals surface area contributed by atoms with Crippen LogP contribution in [-0.2, 0) is 11.3 Å². The van der Waals surface area contributed by atoms with Crippen molar-refractivity contribution in [2.45, 2.75) is 25.1 Å². The average molecular weight is 319 g/mol. The van der Waals surface area contributed by atoms with Crippen LogP contribution in [0.4, 0.5) is 5.69 Å². The molecule has 2 heterocycles. The third kappa shape index (κ3) is 2.72. The fourth-order valence-corrected chi connectivity index (χ4v) is 3.38. The summed E-state index contributed by atoms with van der Waals surface area (Å²) in [6.07, 6.45) is 0.705. The normalized spacial score (nSPS) is 22.5. The van der Waals surface area contributed by atoms with Crippen molar-refractivity contribution < 1.29 is 9.53 Å². The highest BCUT2D eigenvalue weighted by Gasteiger charge is 2.39. The number of benzene rings is 2. The molecule has 5 nitrogen and oxygen atoms in total. The second-order valence-corrected chi connectivity index (χ2v) is 6.21. The van der Waals surface area contributed by atoms with Gasteiger partial charge in [-0.25, -0.2) is 0 Å². The molecular weight excluding hydrogens is 302 g/mol. The molecule has 0 spiro atoms. The van der Waals surface area contributed by atoms with Gasteiger partial charge in [0.2, 0.25) is 5.91 Å². The fraction of sp³-hybridized carbons (Fsp3) is 0.263. The molecule has 120 valence electrons. The molecule has 0 aliphatic carbocycles. The summed E-state index contributed by atoms with van der Waals surface area (Å²) in [5.74, 6) is 0.747. The van der Waals surface area contributed by atoms with E-state index < -0.39 is 0 Å². The van der Waals surface area contributed by atoms with Crippen LogP contribution in [0.3, 0.4) is 0 Å². The SMILES string of the molecule is N#Cc1ccc(CN2CC3CC2C(=O)Nc2ccccc2O3)cc1. The Bertz CT molecular complexity index is 810. The smallest absolute Gasteiger partial charge is 0.241 e. The van der Waals surface area contributed by atoms with Crippen LogP contribution in [-0.4, -0.2) is 29.5 Å². The molecule has 1 saturated heterocycles. The summed E-state index contributed by atoms with van der Waals surface area (Å²) in [6, 6.07) is 17.0. The molecule has 1 fully saturated rings. The van der Waals surface area contributed by atoms with Crippen molar-refractivity contribution in [2.24, 2.45) is 0 Å². The second-order valence-electron chi connectivity index (χ2n) is 6.21. The van der Waals surface area contributed by atoms with E-state index in [-0.39, 0.29) is 18.1 Å². The minimum atomic E-state index is -0.195. The molecule has 0 aromatic heterocycles. The highest BCUT2D eigenvalue weighted by molar-refractivity contribution is 5.96. The number of nitrogens with one attached hydrogen (secondary N) is 1. The van der Waals surface area contributed by atoms with Crippen LogP contribution in [0.25, 0.3) is 0 Å². The Balaban J connectivity index is 1.55. The third-order valence-electron chi connectivity index (χ3n) is 4.57. The summed E-state index contributed by atoms with van der Waals surface area (Å²) in [5, 5.41) is 11.9. The summed E-state index contributed by atoms with van der Waals surface area (Å²) < 4.78 is 6.08. The zero-order valence-corrected chi connectivity index (χ0v) is 13.1. The van der Waals surface area contributed by atoms with Gasteiger partial charge in [-0.3, -0.25) is 9.69 Å². The highest BCUT2D eigenvalue weighted by atomic mass is 16.5. The summed E-state index contributed by atoms with van der Waals surface area (Å²) in [7, 11) is 0. The van der Waals surface area contributed by atoms with Gasteiger partial charge in [0.05, 0.1) is 23.4 Å². The fourth-order valence-electron chi connectivity index (χ4n) is 3.38. The molecule has 2 unspecified atom stereocenters. The monoisotopic (exact) mass is 319 g/mol. The molecule has 2 aromatic rings. The van der Waals surface area contributed by atoms with Gasteiger partial charge in [-0.15, -0.1) is 0 Å². The van der Waals surface area contributed by atoms with Gasteiger partial charge in [-0.2, -0.15) is 5.26 Å². The zero-order chi connectivity index (χ0) is 16.5. The van der Waals surface area contributed by atoms with Crippen molar-refractivity contribution in [2.75, 3.05) is 11.9 Å². The number of rotatable bonds is 2. The summed E-state index contributed by atoms with van der Waals surface area (Å²) in [6.45, 7) is 1.38. The molecule has 4 rings (SSSR count). The van der Waals surface area contributed by atoms with Crippen LogP contribution in [0, 0.1) is 11.3 Å². The Kier molecular flexibility index (Phi) is 3.68. The quantitative estimate of drug-likeness (QED) is 0.924. The van der Waals surface area contributed by atoms with Crippen LogP contribution in [0.5, 0.6) is 5.75 Å². The van der Waals surface area contributed by atoms with Gasteiger partial charge in [-0.05, 0) is 29.8 Å². The molecule has 2 atom stereocenters. The number of para-hydroxylation sites is 2. The number of nitrogens with zero attached hydrogens (tertiary/aromatic N) is 2. The topological polar surface area (TPSA) is 65.4 Å². The van der Waals surface area contributed by atoms with Gasteiger partial charge in [-0.1, -0.05) is 24.3 Å². The molecule has 2 aliphatic heterocycles. The summed E-state index contributed by atoms with van der Waals surface area (Å²) in [5.41, 5.74) is 2.46. The summed E-state index contributed by atoms with van der Waals surface area (Å²) in [4.78, 5) is 14.8. The molecule has 0 radical (unpaired) electrons. The van der Waals surface area contributed by atoms with Gasteiger partial charge in [0, 0.05) is 19.5 Å². The van der Waals surface area contributed by atoms with Gasteiger partial charge in [0.25, 0.3) is 0 Å². The van der Waals surface area contributed by atoms with E-state index in [0.29, 0.717) is 25.1 Å². The Hall–Kier alpha value is -2.84. The van der Waals surface area contributed by atoms with Crippen LogP contribution in [0.2, 0.25) is 0 Å². The van der Waals surface area contributed by atoms with E-state index in [4.69, 9.17) is 10.00 Å². The second kappa shape index (κ2) is 5.99. The lowest BCUT2D eigenvalue weighted by molar-refractivity contribution is -0.120. The zero-order valence-electron chi connectivity index (χ0n) is 13.1. The van der Waals surface area contributed by atoms with E-state index in [2.05, 4.69) is 16.3 Å². The molecule has 2 aromatic carbocycles. The molecule has 1 amide bonds. The first-order valence-electron chi connectivity index (χ1n) is 8.02. The maximum atomic E-state index is 12.6. The summed E-state index contributed by atoms with van der Waals surface area (Å²) >= 11 is 0. The maximum Gasteiger partial charge on any atom is 0.241 e. The lowest BCUT2D eigenvalue weighted by Crippen LogP contribution is -2.39. The molecule has 24 heavy (non-hydrogen) atoms. The van der Waals surface area contributed by atoms with Crippen molar-refractivity contribution in [3.05, 3.63) is 59.7 Å². The van der Waals surface area contributed by atoms with Crippen molar-refractivity contribution in [3.63, 3.8) is 0 Å². The predicted molar refractivity (Wildman–Crippen MR) is 89.5 cm³/mol. The number of amides is 1. The number of carbonyl (C=O) groups is 1. The lowest BCUT2D eigenvalue weighted by Gasteiger charge is -2.23. The van der Waals surface area contributed by atoms with E-state index in [1.54, 1.807) is 0 Å². The van der Waals surface area contributed by atoms with Crippen molar-refractivity contribution in [3.8, 4) is 11.8 Å². The highest BCUT2D eigenvalue weighted by Crippen LogP contribution is 2.33. The van der Waals surface area contributed by atoms with Crippen molar-refractivity contribution >= 4 is 11.6 Å². The number of anilines is 1. The Morgan fingerprint density at radius 2 is 2.00 bits per heavy atom. The molecule has 2 aliphatic rings. The first kappa shape index (κ1) is 14.7. The maximum absolute atomic E-state index is 12.6. The molecule has 2 bridgehead atoms. The van der Waals surface area contributed by atoms with Crippen LogP contribution < -0.4 is 10.1 Å². The van der Waals surface area contributed by atoms with Gasteiger partial charge in [0.1, 0.15) is 11.9 Å². The van der Waals surface area contributed by atoms with E-state index in [1.807, 2.05) is 48.5 Å². The number of hydrogen-bond acceptors (Lipinski definition) is 4. The number of nitriles is 1. The van der Waals surface area contributed by atoms with E-state index in [9.17, 15) is 4.79 Å². The van der Waals surface area contributed by atoms with E-state index in [0.717, 1.165) is 17.0 Å². The van der Waals surface area contributed by atoms with Crippen molar-refractivity contribution in [1.82, 2.24) is 4.90 Å². The Morgan fingerprint density at radius 1 is 1.21 bits per heavy atom. The molecule has 5 heteroatoms. The Morgan fingerprint density at radius 3 is 2.79 bits per heavy atom. The minimum Gasteiger partial charge on any atom is -0.487 e. The molecule has 0 saturated carbocycles. The number of carbonyl (C=O) groups excluding carboxylic acids is 1. The average Bonchev–Trinajstić information content (AvgIpc) is 3.00. The Labute approximate surface area is 140 Å². The van der Waals surface area contributed by atoms with E-state index in [1.165, 1.54) is 0 Å². The third-order valence-corrected chi connectivity index (χ3v) is 4.57. The standard InChI is InChI=1S/C19H17N3O2/c20-10-13-5-7-14(8-6-13)11-22-12-15-9-17(22)19(23)21-16-3-1-2-4-18(16)24-15/h1-8,15,17H,9,11-12H2,(H,21,23). The minimum absolute atomic E-state index is 0.0144. The first-order chi connectivity index (χ1) is 11.7. The molecular formula is C19H17N3O2. The predicted octanol–water partition coefficient (Wildman–Crippen LogP) is 2.53. The van der Waals surface area contributed by atoms with Gasteiger partial charge < -0.3 is 10.1 Å². The number of ether oxygens (including phenoxy) is 1.